The van der Waals surface area contributed by atoms with Crippen LogP contribution in [-0.2, 0) is 22.6 Å². The molecule has 0 radical (unpaired) electrons. The third kappa shape index (κ3) is 5.67. The number of hydrogen-bond donors (Lipinski definition) is 0. The molecule has 0 aliphatic carbocycles. The largest absolute Gasteiger partial charge is 0.488 e. The maximum atomic E-state index is 11.8. The summed E-state index contributed by atoms with van der Waals surface area (Å²) in [5.74, 6) is 1.93. The molecule has 4 nitrogen and oxygen atoms in total. The highest BCUT2D eigenvalue weighted by atomic mass is 35.5. The number of benzene rings is 1. The molecule has 0 unspecified atom stereocenters. The number of likely N-dealkylation sites (tertiary alicyclic amines) is 1. The van der Waals surface area contributed by atoms with Crippen LogP contribution in [0.4, 0.5) is 0 Å². The number of fused-ring (bicyclic) bond motifs is 2. The van der Waals surface area contributed by atoms with E-state index in [2.05, 4.69) is 28.7 Å². The molecule has 0 amide bonds. The number of halogens is 1. The third-order valence-electron chi connectivity index (χ3n) is 5.88. The minimum Gasteiger partial charge on any atom is -0.488 e. The highest BCUT2D eigenvalue weighted by molar-refractivity contribution is 7.98. The van der Waals surface area contributed by atoms with Crippen LogP contribution in [0.15, 0.2) is 35.2 Å². The summed E-state index contributed by atoms with van der Waals surface area (Å²) < 4.78 is 11.0. The van der Waals surface area contributed by atoms with Crippen LogP contribution < -0.4 is 4.74 Å². The summed E-state index contributed by atoms with van der Waals surface area (Å²) in [5, 5.41) is 2.16. The Labute approximate surface area is 199 Å². The summed E-state index contributed by atoms with van der Waals surface area (Å²) in [7, 11) is 1.44. The first-order valence-corrected chi connectivity index (χ1v) is 12.8. The number of thioether (sulfide) groups is 1. The average molecular weight is 480 g/mol. The number of methoxy groups -OCH3 is 1. The van der Waals surface area contributed by atoms with Gasteiger partial charge in [0.05, 0.1) is 13.5 Å². The first kappa shape index (κ1) is 24.2. The number of carbonyl (C=O) groups is 1. The number of piperidine rings is 1. The standard InChI is InChI=1S/C24H29NO3S2.ClH/c1-27-22(26)15-17-4-5-21-20(14-17)23(24-19(16-28-21)8-13-30-24)18-6-10-25(11-7-18)9-3-12-29-2;/h4-5,8,13-14H,3,6-7,9-12,15-16H2,1-2H3;1H. The van der Waals surface area contributed by atoms with E-state index in [1.54, 1.807) is 11.3 Å². The average Bonchev–Trinajstić information content (AvgIpc) is 3.17. The van der Waals surface area contributed by atoms with Crippen molar-refractivity contribution in [2.45, 2.75) is 32.3 Å². The van der Waals surface area contributed by atoms with Crippen molar-refractivity contribution in [1.82, 2.24) is 4.90 Å². The van der Waals surface area contributed by atoms with Crippen molar-refractivity contribution < 1.29 is 14.3 Å². The molecule has 2 aliphatic heterocycles. The van der Waals surface area contributed by atoms with Crippen LogP contribution in [0.2, 0.25) is 0 Å². The topological polar surface area (TPSA) is 38.8 Å². The van der Waals surface area contributed by atoms with E-state index < -0.39 is 0 Å². The number of nitrogens with zero attached hydrogens (tertiary/aromatic N) is 1. The first-order valence-electron chi connectivity index (χ1n) is 10.5. The molecule has 3 heterocycles. The number of esters is 1. The quantitative estimate of drug-likeness (QED) is 0.408. The molecule has 7 heteroatoms. The molecule has 0 N–H and O–H groups in total. The zero-order valence-corrected chi connectivity index (χ0v) is 20.6. The van der Waals surface area contributed by atoms with Crippen molar-refractivity contribution >= 4 is 47.0 Å². The molecule has 0 saturated carbocycles. The van der Waals surface area contributed by atoms with Crippen LogP contribution in [0.25, 0.3) is 5.57 Å². The maximum Gasteiger partial charge on any atom is 0.309 e. The van der Waals surface area contributed by atoms with Gasteiger partial charge in [-0.2, -0.15) is 11.8 Å². The second kappa shape index (κ2) is 11.4. The maximum absolute atomic E-state index is 11.8. The van der Waals surface area contributed by atoms with E-state index in [1.807, 2.05) is 23.9 Å². The highest BCUT2D eigenvalue weighted by Crippen LogP contribution is 2.43. The Bertz CT molecular complexity index is 931. The van der Waals surface area contributed by atoms with Crippen molar-refractivity contribution in [3.63, 3.8) is 0 Å². The van der Waals surface area contributed by atoms with Crippen LogP contribution in [0.1, 0.15) is 40.8 Å². The Kier molecular flexibility index (Phi) is 8.90. The SMILES string of the molecule is COC(=O)Cc1ccc2c(c1)C(=C1CCN(CCCSC)CC1)c1sccc1CO2.Cl. The summed E-state index contributed by atoms with van der Waals surface area (Å²) in [6, 6.07) is 8.31. The Morgan fingerprint density at radius 3 is 2.81 bits per heavy atom. The van der Waals surface area contributed by atoms with E-state index in [0.29, 0.717) is 6.61 Å². The molecule has 1 saturated heterocycles. The summed E-state index contributed by atoms with van der Waals surface area (Å²) in [5.41, 5.74) is 6.21. The van der Waals surface area contributed by atoms with Crippen LogP contribution >= 0.6 is 35.5 Å². The van der Waals surface area contributed by atoms with Gasteiger partial charge in [0.1, 0.15) is 12.4 Å². The van der Waals surface area contributed by atoms with Crippen molar-refractivity contribution in [3.05, 3.63) is 56.8 Å². The Morgan fingerprint density at radius 2 is 2.06 bits per heavy atom. The minimum atomic E-state index is -0.214. The molecule has 1 aromatic carbocycles. The highest BCUT2D eigenvalue weighted by Gasteiger charge is 2.26. The molecule has 0 spiro atoms. The number of hydrogen-bond acceptors (Lipinski definition) is 6. The summed E-state index contributed by atoms with van der Waals surface area (Å²) >= 11 is 3.73. The minimum absolute atomic E-state index is 0. The van der Waals surface area contributed by atoms with Gasteiger partial charge in [0.2, 0.25) is 0 Å². The monoisotopic (exact) mass is 479 g/mol. The summed E-state index contributed by atoms with van der Waals surface area (Å²) in [6.45, 7) is 4.02. The molecule has 0 atom stereocenters. The molecule has 0 bridgehead atoms. The van der Waals surface area contributed by atoms with E-state index in [0.717, 1.165) is 42.8 Å². The second-order valence-corrected chi connectivity index (χ2v) is 9.72. The fourth-order valence-corrected chi connectivity index (χ4v) is 5.71. The Balaban J connectivity index is 0.00000272. The van der Waals surface area contributed by atoms with Crippen LogP contribution in [0.5, 0.6) is 5.75 Å². The van der Waals surface area contributed by atoms with E-state index in [1.165, 1.54) is 47.4 Å². The van der Waals surface area contributed by atoms with E-state index in [9.17, 15) is 4.79 Å². The lowest BCUT2D eigenvalue weighted by Gasteiger charge is -2.30. The molecule has 31 heavy (non-hydrogen) atoms. The molecule has 1 aromatic heterocycles. The van der Waals surface area contributed by atoms with E-state index in [4.69, 9.17) is 9.47 Å². The van der Waals surface area contributed by atoms with Gasteiger partial charge in [-0.25, -0.2) is 0 Å². The lowest BCUT2D eigenvalue weighted by atomic mass is 9.89. The predicted octanol–water partition coefficient (Wildman–Crippen LogP) is 5.43. The lowest BCUT2D eigenvalue weighted by molar-refractivity contribution is -0.139. The number of ether oxygens (including phenoxy) is 2. The van der Waals surface area contributed by atoms with Crippen molar-refractivity contribution in [2.24, 2.45) is 0 Å². The van der Waals surface area contributed by atoms with E-state index in [-0.39, 0.29) is 24.8 Å². The third-order valence-corrected chi connectivity index (χ3v) is 7.55. The summed E-state index contributed by atoms with van der Waals surface area (Å²) in [4.78, 5) is 15.8. The lowest BCUT2D eigenvalue weighted by Crippen LogP contribution is -2.32. The molecule has 168 valence electrons. The Hall–Kier alpha value is -1.47. The van der Waals surface area contributed by atoms with Gasteiger partial charge >= 0.3 is 5.97 Å². The molecule has 4 rings (SSSR count). The zero-order chi connectivity index (χ0) is 20.9. The van der Waals surface area contributed by atoms with Gasteiger partial charge in [-0.1, -0.05) is 11.6 Å². The number of rotatable bonds is 6. The second-order valence-electron chi connectivity index (χ2n) is 7.81. The molecular weight excluding hydrogens is 450 g/mol. The molecule has 2 aliphatic rings. The van der Waals surface area contributed by atoms with Gasteiger partial charge in [-0.3, -0.25) is 4.79 Å². The van der Waals surface area contributed by atoms with Crippen molar-refractivity contribution in [1.29, 1.82) is 0 Å². The van der Waals surface area contributed by atoms with Crippen LogP contribution in [0.3, 0.4) is 0 Å². The van der Waals surface area contributed by atoms with Gasteiger partial charge < -0.3 is 14.4 Å². The normalized spacial score (nSPS) is 15.9. The predicted molar refractivity (Wildman–Crippen MR) is 133 cm³/mol. The van der Waals surface area contributed by atoms with Crippen LogP contribution in [-0.4, -0.2) is 49.6 Å². The van der Waals surface area contributed by atoms with Gasteiger partial charge in [0, 0.05) is 34.7 Å². The molecular formula is C24H30ClNO3S2. The van der Waals surface area contributed by atoms with Gasteiger partial charge in [0.25, 0.3) is 0 Å². The van der Waals surface area contributed by atoms with Gasteiger partial charge in [-0.15, -0.1) is 23.7 Å². The van der Waals surface area contributed by atoms with Crippen molar-refractivity contribution in [2.75, 3.05) is 38.8 Å². The first-order chi connectivity index (χ1) is 14.7. The Morgan fingerprint density at radius 1 is 1.26 bits per heavy atom. The molecule has 1 fully saturated rings. The fourth-order valence-electron chi connectivity index (χ4n) is 4.27. The zero-order valence-electron chi connectivity index (χ0n) is 18.1. The number of thiophene rings is 1. The van der Waals surface area contributed by atoms with Crippen LogP contribution in [0, 0.1) is 0 Å². The van der Waals surface area contributed by atoms with Crippen molar-refractivity contribution in [3.8, 4) is 5.75 Å². The van der Waals surface area contributed by atoms with Gasteiger partial charge in [0.15, 0.2) is 0 Å². The number of carbonyl (C=O) groups excluding carboxylic acids is 1. The van der Waals surface area contributed by atoms with E-state index >= 15 is 0 Å². The summed E-state index contributed by atoms with van der Waals surface area (Å²) in [6.07, 6.45) is 5.90. The molecule has 2 aromatic rings. The smallest absolute Gasteiger partial charge is 0.309 e. The fraction of sp³-hybridized carbons (Fsp3) is 0.458. The van der Waals surface area contributed by atoms with Gasteiger partial charge in [-0.05, 0) is 67.0 Å².